The molecule has 4 rings (SSSR count). The molecule has 0 aliphatic heterocycles. The summed E-state index contributed by atoms with van der Waals surface area (Å²) in [7, 11) is -0.608. The van der Waals surface area contributed by atoms with Gasteiger partial charge in [-0.25, -0.2) is 13.2 Å². The van der Waals surface area contributed by atoms with E-state index in [1.165, 1.54) is 0 Å². The van der Waals surface area contributed by atoms with Crippen molar-refractivity contribution in [3.05, 3.63) is 76.8 Å². The normalized spacial score (nSPS) is 15.4. The molecule has 3 aromatic rings. The molecule has 3 aromatic carbocycles. The first-order chi connectivity index (χ1) is 17.9. The van der Waals surface area contributed by atoms with E-state index < -0.39 is 15.6 Å². The van der Waals surface area contributed by atoms with E-state index in [9.17, 15) is 13.2 Å². The van der Waals surface area contributed by atoms with Gasteiger partial charge in [-0.15, -0.1) is 0 Å². The summed E-state index contributed by atoms with van der Waals surface area (Å²) in [4.78, 5) is 14.5. The van der Waals surface area contributed by atoms with E-state index in [-0.39, 0.29) is 17.0 Å². The number of hydrogen-bond donors (Lipinski definition) is 1. The summed E-state index contributed by atoms with van der Waals surface area (Å²) >= 11 is 6.03. The van der Waals surface area contributed by atoms with Gasteiger partial charge >= 0.3 is 6.09 Å². The number of anilines is 1. The highest BCUT2D eigenvalue weighted by molar-refractivity contribution is 7.92. The summed E-state index contributed by atoms with van der Waals surface area (Å²) in [5, 5.41) is 0.577. The fourth-order valence-corrected chi connectivity index (χ4v) is 6.15. The fraction of sp³-hybridized carbons (Fsp3) is 0.345. The number of amides is 1. The highest BCUT2D eigenvalue weighted by Crippen LogP contribution is 2.38. The molecule has 0 bridgehead atoms. The molecule has 0 saturated heterocycles. The van der Waals surface area contributed by atoms with Gasteiger partial charge in [0.1, 0.15) is 11.4 Å². The number of likely N-dealkylation sites (N-methyl/N-ethyl adjacent to an activating group) is 1. The number of carbonyl (C=O) groups excluding carboxylic acids is 1. The maximum absolute atomic E-state index is 13.7. The third-order valence-electron chi connectivity index (χ3n) is 6.58. The van der Waals surface area contributed by atoms with Crippen molar-refractivity contribution in [3.8, 4) is 16.9 Å². The third kappa shape index (κ3) is 6.08. The number of benzene rings is 3. The van der Waals surface area contributed by atoms with Crippen molar-refractivity contribution in [2.24, 2.45) is 0 Å². The van der Waals surface area contributed by atoms with Crippen molar-refractivity contribution in [3.63, 3.8) is 0 Å². The van der Waals surface area contributed by atoms with E-state index in [1.54, 1.807) is 79.7 Å². The minimum absolute atomic E-state index is 0.108. The molecule has 0 fully saturated rings. The van der Waals surface area contributed by atoms with Crippen LogP contribution >= 0.6 is 11.6 Å². The van der Waals surface area contributed by atoms with Gasteiger partial charge in [0, 0.05) is 29.2 Å². The van der Waals surface area contributed by atoms with Gasteiger partial charge < -0.3 is 14.4 Å². The SMILES string of the molecule is COc1ccc(NS(=O)(=O)c2ccccc2-c2ccc(Cl)cc2)c2c1C[C@@H](N(C)C(=O)OC(C)(C)C)CC2. The predicted molar refractivity (Wildman–Crippen MR) is 151 cm³/mol. The van der Waals surface area contributed by atoms with Gasteiger partial charge in [0.2, 0.25) is 0 Å². The van der Waals surface area contributed by atoms with E-state index in [2.05, 4.69) is 4.72 Å². The van der Waals surface area contributed by atoms with Crippen molar-refractivity contribution < 1.29 is 22.7 Å². The Bertz CT molecular complexity index is 1430. The van der Waals surface area contributed by atoms with Crippen molar-refractivity contribution in [2.45, 2.75) is 56.6 Å². The van der Waals surface area contributed by atoms with Crippen LogP contribution in [0.15, 0.2) is 65.6 Å². The molecule has 0 spiro atoms. The maximum atomic E-state index is 13.7. The first-order valence-corrected chi connectivity index (χ1v) is 14.3. The first kappa shape index (κ1) is 27.8. The molecule has 1 N–H and O–H groups in total. The topological polar surface area (TPSA) is 84.9 Å². The highest BCUT2D eigenvalue weighted by atomic mass is 35.5. The Morgan fingerprint density at radius 3 is 2.37 bits per heavy atom. The van der Waals surface area contributed by atoms with Crippen LogP contribution < -0.4 is 9.46 Å². The van der Waals surface area contributed by atoms with Gasteiger partial charge in [0.25, 0.3) is 10.0 Å². The molecule has 38 heavy (non-hydrogen) atoms. The van der Waals surface area contributed by atoms with E-state index in [4.69, 9.17) is 21.1 Å². The van der Waals surface area contributed by atoms with Crippen LogP contribution in [0.25, 0.3) is 11.1 Å². The standard InChI is InChI=1S/C29H33ClN2O5S/c1-29(2,3)37-28(33)32(4)21-14-15-23-24(18-21)26(36-5)17-16-25(23)31-38(34,35)27-9-7-6-8-22(27)19-10-12-20(30)13-11-19/h6-13,16-17,21,31H,14-15,18H2,1-5H3/t21-/m0/s1. The largest absolute Gasteiger partial charge is 0.496 e. The van der Waals surface area contributed by atoms with Gasteiger partial charge in [-0.3, -0.25) is 4.72 Å². The molecule has 1 amide bonds. The van der Waals surface area contributed by atoms with Gasteiger partial charge in [-0.2, -0.15) is 0 Å². The van der Waals surface area contributed by atoms with Crippen molar-refractivity contribution >= 4 is 33.4 Å². The second kappa shape index (κ2) is 10.9. The van der Waals surface area contributed by atoms with Crippen LogP contribution in [-0.4, -0.2) is 45.2 Å². The summed E-state index contributed by atoms with van der Waals surface area (Å²) in [6, 6.07) is 17.3. The van der Waals surface area contributed by atoms with Crippen molar-refractivity contribution in [2.75, 3.05) is 18.9 Å². The Kier molecular flexibility index (Phi) is 7.95. The third-order valence-corrected chi connectivity index (χ3v) is 8.26. The number of nitrogens with zero attached hydrogens (tertiary/aromatic N) is 1. The summed E-state index contributed by atoms with van der Waals surface area (Å²) in [5.74, 6) is 0.659. The van der Waals surface area contributed by atoms with Gasteiger partial charge in [-0.1, -0.05) is 41.9 Å². The number of fused-ring (bicyclic) bond motifs is 1. The molecule has 1 atom stereocenters. The highest BCUT2D eigenvalue weighted by Gasteiger charge is 2.32. The van der Waals surface area contributed by atoms with E-state index in [0.717, 1.165) is 16.7 Å². The zero-order valence-electron chi connectivity index (χ0n) is 22.2. The Morgan fingerprint density at radius 1 is 1.03 bits per heavy atom. The van der Waals surface area contributed by atoms with Gasteiger partial charge in [0.15, 0.2) is 0 Å². The number of hydrogen-bond acceptors (Lipinski definition) is 5. The van der Waals surface area contributed by atoms with Gasteiger partial charge in [0.05, 0.1) is 17.7 Å². The molecular weight excluding hydrogens is 524 g/mol. The Balaban J connectivity index is 1.65. The van der Waals surface area contributed by atoms with Crippen LogP contribution in [-0.2, 0) is 27.6 Å². The average molecular weight is 557 g/mol. The van der Waals surface area contributed by atoms with E-state index >= 15 is 0 Å². The van der Waals surface area contributed by atoms with Crippen molar-refractivity contribution in [1.29, 1.82) is 0 Å². The molecule has 0 saturated carbocycles. The molecule has 0 unspecified atom stereocenters. The average Bonchev–Trinajstić information content (AvgIpc) is 2.87. The number of nitrogens with one attached hydrogen (secondary N) is 1. The van der Waals surface area contributed by atoms with E-state index in [0.29, 0.717) is 41.3 Å². The molecule has 1 aliphatic rings. The summed E-state index contributed by atoms with van der Waals surface area (Å²) in [6.45, 7) is 5.50. The Morgan fingerprint density at radius 2 is 1.71 bits per heavy atom. The lowest BCUT2D eigenvalue weighted by atomic mass is 9.86. The van der Waals surface area contributed by atoms with Crippen LogP contribution in [0, 0.1) is 0 Å². The number of carbonyl (C=O) groups is 1. The van der Waals surface area contributed by atoms with Crippen LogP contribution in [0.5, 0.6) is 5.75 Å². The van der Waals surface area contributed by atoms with Crippen LogP contribution in [0.4, 0.5) is 10.5 Å². The lowest BCUT2D eigenvalue weighted by molar-refractivity contribution is 0.0209. The summed E-state index contributed by atoms with van der Waals surface area (Å²) in [5.41, 5.74) is 2.99. The molecule has 0 radical (unpaired) electrons. The predicted octanol–water partition coefficient (Wildman–Crippen LogP) is 6.54. The Labute approximate surface area is 229 Å². The van der Waals surface area contributed by atoms with Crippen LogP contribution in [0.2, 0.25) is 5.02 Å². The maximum Gasteiger partial charge on any atom is 0.410 e. The molecule has 202 valence electrons. The smallest absolute Gasteiger partial charge is 0.410 e. The Hall–Kier alpha value is -3.23. The van der Waals surface area contributed by atoms with Crippen LogP contribution in [0.3, 0.4) is 0 Å². The number of methoxy groups -OCH3 is 1. The molecule has 7 nitrogen and oxygen atoms in total. The van der Waals surface area contributed by atoms with Crippen molar-refractivity contribution in [1.82, 2.24) is 4.90 Å². The molecule has 9 heteroatoms. The second-order valence-electron chi connectivity index (χ2n) is 10.4. The molecule has 1 aliphatic carbocycles. The second-order valence-corrected chi connectivity index (χ2v) is 12.5. The zero-order chi connectivity index (χ0) is 27.7. The molecular formula is C29H33ClN2O5S. The fourth-order valence-electron chi connectivity index (χ4n) is 4.70. The summed E-state index contributed by atoms with van der Waals surface area (Å²) < 4.78 is 41.3. The quantitative estimate of drug-likeness (QED) is 0.372. The van der Waals surface area contributed by atoms with E-state index in [1.807, 2.05) is 20.8 Å². The van der Waals surface area contributed by atoms with Crippen LogP contribution in [0.1, 0.15) is 38.3 Å². The number of sulfonamides is 1. The minimum atomic E-state index is -3.93. The number of halogens is 1. The molecule has 0 heterocycles. The first-order valence-electron chi connectivity index (χ1n) is 12.4. The minimum Gasteiger partial charge on any atom is -0.496 e. The van der Waals surface area contributed by atoms with Gasteiger partial charge in [-0.05, 0) is 81.5 Å². The lowest BCUT2D eigenvalue weighted by Gasteiger charge is -2.35. The number of rotatable bonds is 6. The zero-order valence-corrected chi connectivity index (χ0v) is 23.8. The summed E-state index contributed by atoms with van der Waals surface area (Å²) in [6.07, 6.45) is 1.36. The molecule has 0 aromatic heterocycles. The lowest BCUT2D eigenvalue weighted by Crippen LogP contribution is -2.43. The number of ether oxygens (including phenoxy) is 2. The monoisotopic (exact) mass is 556 g/mol.